The van der Waals surface area contributed by atoms with E-state index < -0.39 is 24.3 Å². The first-order valence-corrected chi connectivity index (χ1v) is 8.78. The third kappa shape index (κ3) is 6.40. The SMILES string of the molecule is Cc1ccc(OCCC(=O)OCC(=O)N(CCC#N)c2ccccc2F)cc1. The predicted octanol–water partition coefficient (Wildman–Crippen LogP) is 3.39. The second kappa shape index (κ2) is 10.7. The number of nitrogens with zero attached hydrogens (tertiary/aromatic N) is 2. The van der Waals surface area contributed by atoms with E-state index in [4.69, 9.17) is 14.7 Å². The minimum atomic E-state index is -0.604. The highest BCUT2D eigenvalue weighted by molar-refractivity contribution is 5.95. The Kier molecular flexibility index (Phi) is 7.97. The van der Waals surface area contributed by atoms with Crippen LogP contribution in [-0.2, 0) is 14.3 Å². The molecule has 0 aliphatic heterocycles. The van der Waals surface area contributed by atoms with Crippen LogP contribution in [-0.4, -0.2) is 31.6 Å². The van der Waals surface area contributed by atoms with Gasteiger partial charge in [0.15, 0.2) is 6.61 Å². The summed E-state index contributed by atoms with van der Waals surface area (Å²) >= 11 is 0. The molecule has 1 amide bonds. The molecule has 0 unspecified atom stereocenters. The van der Waals surface area contributed by atoms with Crippen LogP contribution < -0.4 is 9.64 Å². The second-order valence-corrected chi connectivity index (χ2v) is 5.98. The predicted molar refractivity (Wildman–Crippen MR) is 101 cm³/mol. The molecule has 2 rings (SSSR count). The van der Waals surface area contributed by atoms with Gasteiger partial charge >= 0.3 is 5.97 Å². The summed E-state index contributed by atoms with van der Waals surface area (Å²) in [7, 11) is 0. The van der Waals surface area contributed by atoms with E-state index in [1.54, 1.807) is 18.2 Å². The van der Waals surface area contributed by atoms with E-state index in [-0.39, 0.29) is 31.7 Å². The van der Waals surface area contributed by atoms with Crippen molar-refractivity contribution in [2.24, 2.45) is 0 Å². The molecule has 0 aliphatic rings. The number of anilines is 1. The van der Waals surface area contributed by atoms with Gasteiger partial charge in [-0.05, 0) is 31.2 Å². The molecular formula is C21H21FN2O4. The highest BCUT2D eigenvalue weighted by atomic mass is 19.1. The lowest BCUT2D eigenvalue weighted by Crippen LogP contribution is -2.36. The minimum Gasteiger partial charge on any atom is -0.493 e. The smallest absolute Gasteiger partial charge is 0.309 e. The first-order valence-electron chi connectivity index (χ1n) is 8.78. The van der Waals surface area contributed by atoms with Crippen LogP contribution in [0.4, 0.5) is 10.1 Å². The number of nitriles is 1. The first kappa shape index (κ1) is 20.9. The van der Waals surface area contributed by atoms with Crippen LogP contribution in [0.15, 0.2) is 48.5 Å². The van der Waals surface area contributed by atoms with Crippen molar-refractivity contribution in [2.75, 3.05) is 24.7 Å². The Bertz CT molecular complexity index is 846. The third-order valence-corrected chi connectivity index (χ3v) is 3.84. The molecule has 0 atom stereocenters. The Balaban J connectivity index is 1.84. The van der Waals surface area contributed by atoms with E-state index in [9.17, 15) is 14.0 Å². The second-order valence-electron chi connectivity index (χ2n) is 5.98. The van der Waals surface area contributed by atoms with Gasteiger partial charge in [-0.3, -0.25) is 9.59 Å². The number of halogens is 1. The fraction of sp³-hybridized carbons (Fsp3) is 0.286. The molecule has 2 aromatic carbocycles. The van der Waals surface area contributed by atoms with Crippen LogP contribution in [0.2, 0.25) is 0 Å². The van der Waals surface area contributed by atoms with Gasteiger partial charge in [0.25, 0.3) is 5.91 Å². The van der Waals surface area contributed by atoms with E-state index in [1.165, 1.54) is 18.2 Å². The normalized spacial score (nSPS) is 10.0. The number of carbonyl (C=O) groups excluding carboxylic acids is 2. The Labute approximate surface area is 163 Å². The van der Waals surface area contributed by atoms with Crippen molar-refractivity contribution in [3.05, 3.63) is 59.9 Å². The average molecular weight is 384 g/mol. The highest BCUT2D eigenvalue weighted by Gasteiger charge is 2.20. The number of esters is 1. The van der Waals surface area contributed by atoms with E-state index >= 15 is 0 Å². The number of amides is 1. The minimum absolute atomic E-state index is 0.00432. The number of carbonyl (C=O) groups is 2. The molecule has 0 heterocycles. The fourth-order valence-corrected chi connectivity index (χ4v) is 2.39. The summed E-state index contributed by atoms with van der Waals surface area (Å²) in [4.78, 5) is 25.3. The first-order chi connectivity index (χ1) is 13.5. The largest absolute Gasteiger partial charge is 0.493 e. The summed E-state index contributed by atoms with van der Waals surface area (Å²) in [6, 6.07) is 15.0. The van der Waals surface area contributed by atoms with Gasteiger partial charge in [0.05, 0.1) is 31.2 Å². The molecule has 0 N–H and O–H groups in total. The van der Waals surface area contributed by atoms with Gasteiger partial charge in [-0.15, -0.1) is 0 Å². The van der Waals surface area contributed by atoms with Gasteiger partial charge in [0.1, 0.15) is 11.6 Å². The number of rotatable bonds is 9. The Hall–Kier alpha value is -3.40. The summed E-state index contributed by atoms with van der Waals surface area (Å²) in [6.07, 6.45) is -0.00252. The van der Waals surface area contributed by atoms with Crippen molar-refractivity contribution in [1.82, 2.24) is 0 Å². The third-order valence-electron chi connectivity index (χ3n) is 3.84. The van der Waals surface area contributed by atoms with Gasteiger partial charge < -0.3 is 14.4 Å². The zero-order chi connectivity index (χ0) is 20.4. The summed E-state index contributed by atoms with van der Waals surface area (Å²) in [5.41, 5.74) is 1.14. The zero-order valence-electron chi connectivity index (χ0n) is 15.6. The Morgan fingerprint density at radius 3 is 2.54 bits per heavy atom. The molecule has 0 radical (unpaired) electrons. The number of aryl methyl sites for hydroxylation is 1. The van der Waals surface area contributed by atoms with E-state index in [1.807, 2.05) is 25.1 Å². The molecule has 28 heavy (non-hydrogen) atoms. The number of hydrogen-bond acceptors (Lipinski definition) is 5. The summed E-state index contributed by atoms with van der Waals surface area (Å²) in [5.74, 6) is -1.16. The Morgan fingerprint density at radius 1 is 1.14 bits per heavy atom. The maximum Gasteiger partial charge on any atom is 0.309 e. The lowest BCUT2D eigenvalue weighted by molar-refractivity contribution is -0.148. The van der Waals surface area contributed by atoms with Crippen LogP contribution >= 0.6 is 0 Å². The number of ether oxygens (including phenoxy) is 2. The van der Waals surface area contributed by atoms with Crippen LogP contribution in [0.25, 0.3) is 0 Å². The molecule has 2 aromatic rings. The molecule has 0 spiro atoms. The molecule has 7 heteroatoms. The van der Waals surface area contributed by atoms with Gasteiger partial charge in [-0.25, -0.2) is 4.39 Å². The topological polar surface area (TPSA) is 79.6 Å². The zero-order valence-corrected chi connectivity index (χ0v) is 15.6. The molecule has 6 nitrogen and oxygen atoms in total. The van der Waals surface area contributed by atoms with Crippen LogP contribution in [0, 0.1) is 24.1 Å². The number of benzene rings is 2. The molecule has 0 fully saturated rings. The van der Waals surface area contributed by atoms with Gasteiger partial charge in [0.2, 0.25) is 0 Å². The van der Waals surface area contributed by atoms with Crippen molar-refractivity contribution in [1.29, 1.82) is 5.26 Å². The Morgan fingerprint density at radius 2 is 1.86 bits per heavy atom. The van der Waals surface area contributed by atoms with Crippen molar-refractivity contribution in [3.8, 4) is 11.8 Å². The maximum atomic E-state index is 14.0. The molecule has 0 bridgehead atoms. The summed E-state index contributed by atoms with van der Waals surface area (Å²) in [6.45, 7) is 1.54. The summed E-state index contributed by atoms with van der Waals surface area (Å²) < 4.78 is 24.4. The van der Waals surface area contributed by atoms with Crippen molar-refractivity contribution in [3.63, 3.8) is 0 Å². The van der Waals surface area contributed by atoms with Crippen molar-refractivity contribution in [2.45, 2.75) is 19.8 Å². The molecular weight excluding hydrogens is 363 g/mol. The van der Waals surface area contributed by atoms with E-state index in [2.05, 4.69) is 0 Å². The summed E-state index contributed by atoms with van der Waals surface area (Å²) in [5, 5.41) is 8.76. The lowest BCUT2D eigenvalue weighted by atomic mass is 10.2. The molecule has 0 aromatic heterocycles. The van der Waals surface area contributed by atoms with Crippen LogP contribution in [0.1, 0.15) is 18.4 Å². The van der Waals surface area contributed by atoms with Gasteiger partial charge in [0, 0.05) is 6.54 Å². The standard InChI is InChI=1S/C21H21FN2O4/c1-16-7-9-17(10-8-16)27-14-11-21(26)28-15-20(25)24(13-4-12-23)19-6-3-2-5-18(19)22/h2-3,5-10H,4,11,13-15H2,1H3. The van der Waals surface area contributed by atoms with Crippen molar-refractivity contribution < 1.29 is 23.5 Å². The maximum absolute atomic E-state index is 14.0. The molecule has 146 valence electrons. The van der Waals surface area contributed by atoms with Gasteiger partial charge in [-0.2, -0.15) is 5.26 Å². The van der Waals surface area contributed by atoms with Crippen LogP contribution in [0.3, 0.4) is 0 Å². The van der Waals surface area contributed by atoms with Crippen LogP contribution in [0.5, 0.6) is 5.75 Å². The number of para-hydroxylation sites is 1. The monoisotopic (exact) mass is 384 g/mol. The number of hydrogen-bond donors (Lipinski definition) is 0. The van der Waals surface area contributed by atoms with E-state index in [0.717, 1.165) is 10.5 Å². The molecule has 0 aliphatic carbocycles. The highest BCUT2D eigenvalue weighted by Crippen LogP contribution is 2.19. The average Bonchev–Trinajstić information content (AvgIpc) is 2.69. The van der Waals surface area contributed by atoms with Crippen molar-refractivity contribution >= 4 is 17.6 Å². The molecule has 0 saturated carbocycles. The van der Waals surface area contributed by atoms with Gasteiger partial charge in [-0.1, -0.05) is 29.8 Å². The molecule has 0 saturated heterocycles. The fourth-order valence-electron chi connectivity index (χ4n) is 2.39. The lowest BCUT2D eigenvalue weighted by Gasteiger charge is -2.22. The van der Waals surface area contributed by atoms with E-state index in [0.29, 0.717) is 5.75 Å². The quantitative estimate of drug-likeness (QED) is 0.619.